The van der Waals surface area contributed by atoms with Gasteiger partial charge in [-0.2, -0.15) is 0 Å². The van der Waals surface area contributed by atoms with Crippen molar-refractivity contribution in [3.63, 3.8) is 0 Å². The lowest BCUT2D eigenvalue weighted by Crippen LogP contribution is -2.18. The molecule has 132 valence electrons. The van der Waals surface area contributed by atoms with Crippen LogP contribution in [0.25, 0.3) is 5.69 Å². The van der Waals surface area contributed by atoms with Crippen molar-refractivity contribution in [1.82, 2.24) is 9.55 Å². The van der Waals surface area contributed by atoms with Crippen molar-refractivity contribution in [2.75, 3.05) is 0 Å². The number of aliphatic imine (C=N–C) groups is 1. The smallest absolute Gasteiger partial charge is 0.264 e. The van der Waals surface area contributed by atoms with Crippen LogP contribution in [0.3, 0.4) is 0 Å². The Kier molecular flexibility index (Phi) is 4.81. The highest BCUT2D eigenvalue weighted by atomic mass is 32.1. The number of aromatic hydroxyl groups is 1. The molecule has 1 aromatic heterocycles. The minimum absolute atomic E-state index is 0.00226. The monoisotopic (exact) mass is 369 g/mol. The minimum Gasteiger partial charge on any atom is -0.494 e. The summed E-state index contributed by atoms with van der Waals surface area (Å²) in [4.78, 5) is 19.0. The van der Waals surface area contributed by atoms with E-state index in [1.807, 2.05) is 32.0 Å². The number of halogens is 1. The maximum Gasteiger partial charge on any atom is 0.264 e. The van der Waals surface area contributed by atoms with E-state index >= 15 is 0 Å². The van der Waals surface area contributed by atoms with Gasteiger partial charge < -0.3 is 5.11 Å². The zero-order chi connectivity index (χ0) is 18.8. The Labute approximate surface area is 154 Å². The fraction of sp³-hybridized carbons (Fsp3) is 0.105. The molecule has 2 aromatic carbocycles. The van der Waals surface area contributed by atoms with Gasteiger partial charge in [0.05, 0.1) is 11.4 Å². The third-order valence-electron chi connectivity index (χ3n) is 4.04. The summed E-state index contributed by atoms with van der Waals surface area (Å²) < 4.78 is 14.4. The molecule has 0 aliphatic carbocycles. The molecule has 3 aromatic rings. The zero-order valence-electron chi connectivity index (χ0n) is 14.2. The Morgan fingerprint density at radius 1 is 1.15 bits per heavy atom. The normalized spacial score (nSPS) is 11.2. The molecule has 0 saturated heterocycles. The third-order valence-corrected chi connectivity index (χ3v) is 4.32. The summed E-state index contributed by atoms with van der Waals surface area (Å²) in [6, 6.07) is 11.0. The van der Waals surface area contributed by atoms with E-state index in [0.717, 1.165) is 11.1 Å². The number of benzene rings is 2. The molecule has 2 N–H and O–H groups in total. The Hall–Kier alpha value is -3.06. The molecule has 0 fully saturated rings. The van der Waals surface area contributed by atoms with E-state index in [1.54, 1.807) is 0 Å². The predicted octanol–water partition coefficient (Wildman–Crippen LogP) is 4.11. The number of H-pyrrole nitrogens is 1. The minimum atomic E-state index is -0.557. The molecule has 0 radical (unpaired) electrons. The lowest BCUT2D eigenvalue weighted by molar-refractivity contribution is 0.432. The number of nitrogens with zero attached hydrogens (tertiary/aromatic N) is 2. The Morgan fingerprint density at radius 3 is 2.50 bits per heavy atom. The summed E-state index contributed by atoms with van der Waals surface area (Å²) in [5, 5.41) is 10.5. The van der Waals surface area contributed by atoms with Crippen LogP contribution in [0.5, 0.6) is 5.88 Å². The van der Waals surface area contributed by atoms with Gasteiger partial charge in [-0.1, -0.05) is 6.07 Å². The van der Waals surface area contributed by atoms with E-state index in [-0.39, 0.29) is 16.2 Å². The molecule has 0 saturated carbocycles. The van der Waals surface area contributed by atoms with Crippen molar-refractivity contribution in [3.05, 3.63) is 80.1 Å². The summed E-state index contributed by atoms with van der Waals surface area (Å²) in [6.45, 7) is 3.96. The van der Waals surface area contributed by atoms with Gasteiger partial charge in [-0.05, 0) is 73.6 Å². The third kappa shape index (κ3) is 3.48. The van der Waals surface area contributed by atoms with Crippen LogP contribution in [0.4, 0.5) is 10.1 Å². The highest BCUT2D eigenvalue weighted by molar-refractivity contribution is 7.71. The fourth-order valence-corrected chi connectivity index (χ4v) is 2.71. The molecule has 7 heteroatoms. The molecule has 26 heavy (non-hydrogen) atoms. The second kappa shape index (κ2) is 7.05. The SMILES string of the molecule is Cc1ccc(N=Cc2c(O)n(-c3ccc(F)cc3)c(=S)[nH]c2=O)cc1C. The van der Waals surface area contributed by atoms with Crippen molar-refractivity contribution in [1.29, 1.82) is 0 Å². The summed E-state index contributed by atoms with van der Waals surface area (Å²) in [7, 11) is 0. The van der Waals surface area contributed by atoms with Crippen LogP contribution in [-0.4, -0.2) is 20.9 Å². The first-order valence-electron chi connectivity index (χ1n) is 7.82. The zero-order valence-corrected chi connectivity index (χ0v) is 15.0. The summed E-state index contributed by atoms with van der Waals surface area (Å²) in [5.41, 5.74) is 2.68. The second-order valence-electron chi connectivity index (χ2n) is 5.84. The van der Waals surface area contributed by atoms with Crippen molar-refractivity contribution in [3.8, 4) is 11.6 Å². The van der Waals surface area contributed by atoms with Crippen LogP contribution in [0.2, 0.25) is 0 Å². The van der Waals surface area contributed by atoms with Gasteiger partial charge in [0.1, 0.15) is 11.4 Å². The molecular weight excluding hydrogens is 353 g/mol. The number of aryl methyl sites for hydroxylation is 2. The number of rotatable bonds is 3. The van der Waals surface area contributed by atoms with E-state index < -0.39 is 11.4 Å². The molecule has 0 aliphatic heterocycles. The number of hydrogen-bond donors (Lipinski definition) is 2. The lowest BCUT2D eigenvalue weighted by atomic mass is 10.1. The predicted molar refractivity (Wildman–Crippen MR) is 102 cm³/mol. The quantitative estimate of drug-likeness (QED) is 0.539. The van der Waals surface area contributed by atoms with Crippen molar-refractivity contribution < 1.29 is 9.50 Å². The Morgan fingerprint density at radius 2 is 1.85 bits per heavy atom. The van der Waals surface area contributed by atoms with Crippen LogP contribution >= 0.6 is 12.2 Å². The number of aromatic nitrogens is 2. The van der Waals surface area contributed by atoms with E-state index in [2.05, 4.69) is 9.98 Å². The topological polar surface area (TPSA) is 70.4 Å². The highest BCUT2D eigenvalue weighted by Crippen LogP contribution is 2.21. The van der Waals surface area contributed by atoms with Gasteiger partial charge in [-0.25, -0.2) is 4.39 Å². The maximum atomic E-state index is 13.1. The van der Waals surface area contributed by atoms with Crippen LogP contribution in [0, 0.1) is 24.4 Å². The Bertz CT molecular complexity index is 1120. The number of aromatic amines is 1. The molecule has 0 spiro atoms. The average molecular weight is 369 g/mol. The molecule has 3 rings (SSSR count). The van der Waals surface area contributed by atoms with Crippen molar-refractivity contribution in [2.45, 2.75) is 13.8 Å². The van der Waals surface area contributed by atoms with Crippen LogP contribution in [0.15, 0.2) is 52.3 Å². The van der Waals surface area contributed by atoms with Gasteiger partial charge in [0.15, 0.2) is 4.77 Å². The van der Waals surface area contributed by atoms with Gasteiger partial charge >= 0.3 is 0 Å². The first-order chi connectivity index (χ1) is 12.4. The van der Waals surface area contributed by atoms with E-state index in [1.165, 1.54) is 35.0 Å². The molecule has 0 bridgehead atoms. The molecule has 0 atom stereocenters. The Balaban J connectivity index is 2.10. The van der Waals surface area contributed by atoms with Gasteiger partial charge in [0, 0.05) is 6.21 Å². The molecule has 1 heterocycles. The largest absolute Gasteiger partial charge is 0.494 e. The number of hydrogen-bond acceptors (Lipinski definition) is 4. The summed E-state index contributed by atoms with van der Waals surface area (Å²) in [5.74, 6) is -0.779. The maximum absolute atomic E-state index is 13.1. The number of nitrogens with one attached hydrogen (secondary N) is 1. The molecule has 5 nitrogen and oxygen atoms in total. The van der Waals surface area contributed by atoms with Crippen LogP contribution in [0.1, 0.15) is 16.7 Å². The van der Waals surface area contributed by atoms with Crippen molar-refractivity contribution >= 4 is 24.1 Å². The molecule has 0 aliphatic rings. The average Bonchev–Trinajstić information content (AvgIpc) is 2.59. The van der Waals surface area contributed by atoms with Gasteiger partial charge in [0.2, 0.25) is 5.88 Å². The fourth-order valence-electron chi connectivity index (χ4n) is 2.43. The van der Waals surface area contributed by atoms with Gasteiger partial charge in [-0.15, -0.1) is 0 Å². The first kappa shape index (κ1) is 17.8. The standard InChI is InChI=1S/C19H16FN3O2S/c1-11-3-6-14(9-12(11)2)21-10-16-17(24)22-19(26)23(18(16)25)15-7-4-13(20)5-8-15/h3-10,25H,1-2H3,(H,22,24,26). The molecular formula is C19H16FN3O2S. The van der Waals surface area contributed by atoms with Gasteiger partial charge in [0.25, 0.3) is 5.56 Å². The summed E-state index contributed by atoms with van der Waals surface area (Å²) in [6.07, 6.45) is 1.28. The molecule has 0 unspecified atom stereocenters. The van der Waals surface area contributed by atoms with E-state index in [4.69, 9.17) is 12.2 Å². The van der Waals surface area contributed by atoms with E-state index in [0.29, 0.717) is 11.4 Å². The first-order valence-corrected chi connectivity index (χ1v) is 8.23. The summed E-state index contributed by atoms with van der Waals surface area (Å²) >= 11 is 5.12. The van der Waals surface area contributed by atoms with E-state index in [9.17, 15) is 14.3 Å². The van der Waals surface area contributed by atoms with Gasteiger partial charge in [-0.3, -0.25) is 19.3 Å². The van der Waals surface area contributed by atoms with Crippen LogP contribution in [-0.2, 0) is 0 Å². The van der Waals surface area contributed by atoms with Crippen molar-refractivity contribution in [2.24, 2.45) is 4.99 Å². The molecule has 0 amide bonds. The highest BCUT2D eigenvalue weighted by Gasteiger charge is 2.12. The second-order valence-corrected chi connectivity index (χ2v) is 6.22. The van der Waals surface area contributed by atoms with Crippen LogP contribution < -0.4 is 5.56 Å². The lowest BCUT2D eigenvalue weighted by Gasteiger charge is -2.11.